The number of alkyl halides is 3. The SMILES string of the molecule is OB(O)c1cc(OC(F)(F)F)cnc1Cl. The van der Waals surface area contributed by atoms with Gasteiger partial charge >= 0.3 is 13.5 Å². The maximum atomic E-state index is 11.8. The fourth-order valence-electron chi connectivity index (χ4n) is 0.815. The molecule has 1 aromatic rings. The molecule has 2 N–H and O–H groups in total. The first-order chi connectivity index (χ1) is 6.79. The third kappa shape index (κ3) is 3.58. The lowest BCUT2D eigenvalue weighted by atomic mass is 9.81. The highest BCUT2D eigenvalue weighted by Gasteiger charge is 2.32. The summed E-state index contributed by atoms with van der Waals surface area (Å²) < 4.78 is 38.8. The van der Waals surface area contributed by atoms with E-state index in [2.05, 4.69) is 9.72 Å². The minimum atomic E-state index is -4.87. The maximum Gasteiger partial charge on any atom is 0.573 e. The average molecular weight is 241 g/mol. The van der Waals surface area contributed by atoms with Crippen molar-refractivity contribution in [3.05, 3.63) is 17.4 Å². The quantitative estimate of drug-likeness (QED) is 0.578. The van der Waals surface area contributed by atoms with Crippen LogP contribution in [0.4, 0.5) is 13.2 Å². The molecule has 0 aliphatic carbocycles. The molecule has 1 aromatic heterocycles. The van der Waals surface area contributed by atoms with Gasteiger partial charge < -0.3 is 14.8 Å². The van der Waals surface area contributed by atoms with Gasteiger partial charge in [0.15, 0.2) is 0 Å². The highest BCUT2D eigenvalue weighted by Crippen LogP contribution is 2.21. The van der Waals surface area contributed by atoms with E-state index in [0.29, 0.717) is 0 Å². The smallest absolute Gasteiger partial charge is 0.423 e. The maximum absolute atomic E-state index is 11.8. The first-order valence-corrected chi connectivity index (χ1v) is 3.95. The second kappa shape index (κ2) is 4.25. The van der Waals surface area contributed by atoms with Crippen LogP contribution < -0.4 is 10.2 Å². The van der Waals surface area contributed by atoms with E-state index >= 15 is 0 Å². The van der Waals surface area contributed by atoms with Gasteiger partial charge in [-0.3, -0.25) is 0 Å². The molecule has 0 fully saturated rings. The summed E-state index contributed by atoms with van der Waals surface area (Å²) >= 11 is 5.39. The number of halogens is 4. The molecule has 82 valence electrons. The molecule has 1 heterocycles. The van der Waals surface area contributed by atoms with Crippen LogP contribution in [0, 0.1) is 0 Å². The molecular formula is C6H4BClF3NO3. The third-order valence-electron chi connectivity index (χ3n) is 1.35. The van der Waals surface area contributed by atoms with Gasteiger partial charge in [-0.2, -0.15) is 0 Å². The normalized spacial score (nSPS) is 11.3. The Balaban J connectivity index is 2.98. The molecule has 0 amide bonds. The van der Waals surface area contributed by atoms with Crippen LogP contribution in [0.5, 0.6) is 5.75 Å². The lowest BCUT2D eigenvalue weighted by Crippen LogP contribution is -2.32. The van der Waals surface area contributed by atoms with E-state index < -0.39 is 19.2 Å². The zero-order valence-electron chi connectivity index (χ0n) is 6.99. The van der Waals surface area contributed by atoms with Crippen molar-refractivity contribution in [1.29, 1.82) is 0 Å². The number of hydrogen-bond donors (Lipinski definition) is 2. The van der Waals surface area contributed by atoms with Crippen molar-refractivity contribution in [2.24, 2.45) is 0 Å². The predicted molar refractivity (Wildman–Crippen MR) is 45.8 cm³/mol. The van der Waals surface area contributed by atoms with Gasteiger partial charge in [0.05, 0.1) is 6.20 Å². The summed E-state index contributed by atoms with van der Waals surface area (Å²) in [4.78, 5) is 3.30. The molecule has 0 radical (unpaired) electrons. The predicted octanol–water partition coefficient (Wildman–Crippen LogP) is 0.313. The van der Waals surface area contributed by atoms with Gasteiger partial charge in [0, 0.05) is 5.46 Å². The first kappa shape index (κ1) is 12.1. The molecule has 1 rings (SSSR count). The van der Waals surface area contributed by atoms with Crippen LogP contribution in [0.3, 0.4) is 0 Å². The van der Waals surface area contributed by atoms with E-state index in [-0.39, 0.29) is 10.6 Å². The zero-order valence-corrected chi connectivity index (χ0v) is 7.75. The Morgan fingerprint density at radius 2 is 2.00 bits per heavy atom. The zero-order chi connectivity index (χ0) is 11.6. The minimum absolute atomic E-state index is 0.306. The van der Waals surface area contributed by atoms with Crippen LogP contribution in [0.2, 0.25) is 5.15 Å². The molecule has 0 bridgehead atoms. The summed E-state index contributed by atoms with van der Waals surface area (Å²) in [6.07, 6.45) is -4.14. The summed E-state index contributed by atoms with van der Waals surface area (Å²) in [6, 6.07) is 0.744. The van der Waals surface area contributed by atoms with Crippen molar-refractivity contribution in [1.82, 2.24) is 4.98 Å². The van der Waals surface area contributed by atoms with E-state index in [1.54, 1.807) is 0 Å². The molecule has 0 aromatic carbocycles. The lowest BCUT2D eigenvalue weighted by Gasteiger charge is -2.10. The number of ether oxygens (including phenoxy) is 1. The summed E-state index contributed by atoms with van der Waals surface area (Å²) in [5, 5.41) is 17.1. The molecule has 0 aliphatic heterocycles. The second-order valence-electron chi connectivity index (χ2n) is 2.47. The molecule has 15 heavy (non-hydrogen) atoms. The Kier molecular flexibility index (Phi) is 3.43. The second-order valence-corrected chi connectivity index (χ2v) is 2.83. The molecule has 0 saturated carbocycles. The monoisotopic (exact) mass is 241 g/mol. The van der Waals surface area contributed by atoms with Crippen molar-refractivity contribution in [3.8, 4) is 5.75 Å². The Labute approximate surface area is 87.4 Å². The van der Waals surface area contributed by atoms with Crippen LogP contribution >= 0.6 is 11.6 Å². The van der Waals surface area contributed by atoms with Crippen LogP contribution in [0.15, 0.2) is 12.3 Å². The highest BCUT2D eigenvalue weighted by atomic mass is 35.5. The molecular weight excluding hydrogens is 237 g/mol. The Bertz CT molecular complexity index is 360. The summed E-state index contributed by atoms with van der Waals surface area (Å²) in [7, 11) is -2.01. The number of pyridine rings is 1. The Morgan fingerprint density at radius 3 is 2.47 bits per heavy atom. The molecule has 0 saturated heterocycles. The molecule has 9 heteroatoms. The fraction of sp³-hybridized carbons (Fsp3) is 0.167. The largest absolute Gasteiger partial charge is 0.573 e. The van der Waals surface area contributed by atoms with Crippen LogP contribution in [-0.4, -0.2) is 28.5 Å². The fourth-order valence-corrected chi connectivity index (χ4v) is 1.02. The van der Waals surface area contributed by atoms with Gasteiger partial charge in [-0.1, -0.05) is 11.6 Å². The molecule has 0 unspecified atom stereocenters. The van der Waals surface area contributed by atoms with Crippen molar-refractivity contribution < 1.29 is 28.0 Å². The van der Waals surface area contributed by atoms with Gasteiger partial charge in [-0.05, 0) is 6.07 Å². The van der Waals surface area contributed by atoms with E-state index in [4.69, 9.17) is 21.6 Å². The summed E-state index contributed by atoms with van der Waals surface area (Å²) in [6.45, 7) is 0. The van der Waals surface area contributed by atoms with Crippen LogP contribution in [0.1, 0.15) is 0 Å². The first-order valence-electron chi connectivity index (χ1n) is 3.57. The van der Waals surface area contributed by atoms with E-state index in [9.17, 15) is 13.2 Å². The number of rotatable bonds is 2. The van der Waals surface area contributed by atoms with Crippen molar-refractivity contribution >= 4 is 24.2 Å². The van der Waals surface area contributed by atoms with Gasteiger partial charge in [-0.15, -0.1) is 13.2 Å². The number of aromatic nitrogens is 1. The van der Waals surface area contributed by atoms with Gasteiger partial charge in [-0.25, -0.2) is 4.98 Å². The van der Waals surface area contributed by atoms with Gasteiger partial charge in [0.25, 0.3) is 0 Å². The standard InChI is InChI=1S/C6H4BClF3NO3/c8-5-4(7(13)14)1-3(2-12-5)15-6(9,10)11/h1-2,13-14H. The van der Waals surface area contributed by atoms with Crippen LogP contribution in [0.25, 0.3) is 0 Å². The van der Waals surface area contributed by atoms with E-state index in [1.807, 2.05) is 0 Å². The molecule has 4 nitrogen and oxygen atoms in total. The highest BCUT2D eigenvalue weighted by molar-refractivity contribution is 6.62. The summed E-state index contributed by atoms with van der Waals surface area (Å²) in [5.41, 5.74) is -0.363. The van der Waals surface area contributed by atoms with Crippen molar-refractivity contribution in [2.75, 3.05) is 0 Å². The average Bonchev–Trinajstić information content (AvgIpc) is 2.05. The minimum Gasteiger partial charge on any atom is -0.423 e. The van der Waals surface area contributed by atoms with Crippen molar-refractivity contribution in [2.45, 2.75) is 6.36 Å². The Morgan fingerprint density at radius 1 is 1.40 bits per heavy atom. The Hall–Kier alpha value is -0.985. The molecule has 0 aliphatic rings. The number of nitrogens with zero attached hydrogens (tertiary/aromatic N) is 1. The van der Waals surface area contributed by atoms with Crippen LogP contribution in [-0.2, 0) is 0 Å². The topological polar surface area (TPSA) is 62.6 Å². The van der Waals surface area contributed by atoms with Gasteiger partial charge in [0.1, 0.15) is 10.9 Å². The summed E-state index contributed by atoms with van der Waals surface area (Å²) in [5.74, 6) is -0.671. The lowest BCUT2D eigenvalue weighted by molar-refractivity contribution is -0.274. The van der Waals surface area contributed by atoms with Gasteiger partial charge in [0.2, 0.25) is 0 Å². The molecule has 0 atom stereocenters. The molecule has 0 spiro atoms. The van der Waals surface area contributed by atoms with E-state index in [1.165, 1.54) is 0 Å². The number of hydrogen-bond acceptors (Lipinski definition) is 4. The van der Waals surface area contributed by atoms with Crippen molar-refractivity contribution in [3.63, 3.8) is 0 Å². The van der Waals surface area contributed by atoms with E-state index in [0.717, 1.165) is 12.3 Å². The third-order valence-corrected chi connectivity index (χ3v) is 1.67.